The molecule has 1 N–H and O–H groups in total. The third-order valence-electron chi connectivity index (χ3n) is 4.19. The van der Waals surface area contributed by atoms with Gasteiger partial charge in [-0.3, -0.25) is 9.10 Å². The molecule has 1 amide bonds. The number of halogens is 1. The van der Waals surface area contributed by atoms with Crippen LogP contribution in [0.3, 0.4) is 0 Å². The first-order chi connectivity index (χ1) is 14.3. The lowest BCUT2D eigenvalue weighted by molar-refractivity contribution is -0.119. The van der Waals surface area contributed by atoms with Gasteiger partial charge in [-0.1, -0.05) is 41.9 Å². The fourth-order valence-corrected chi connectivity index (χ4v) is 3.68. The van der Waals surface area contributed by atoms with E-state index in [1.54, 1.807) is 48.5 Å². The number of anilines is 1. The predicted molar refractivity (Wildman–Crippen MR) is 118 cm³/mol. The van der Waals surface area contributed by atoms with Crippen molar-refractivity contribution >= 4 is 33.2 Å². The van der Waals surface area contributed by atoms with E-state index in [4.69, 9.17) is 16.3 Å². The van der Waals surface area contributed by atoms with Crippen molar-refractivity contribution in [1.82, 2.24) is 5.32 Å². The maximum absolute atomic E-state index is 12.4. The summed E-state index contributed by atoms with van der Waals surface area (Å²) in [6.45, 7) is -0.0528. The van der Waals surface area contributed by atoms with Gasteiger partial charge in [0, 0.05) is 11.6 Å². The smallest absolute Gasteiger partial charge is 0.241 e. The third kappa shape index (κ3) is 6.23. The van der Waals surface area contributed by atoms with E-state index in [0.29, 0.717) is 22.2 Å². The summed E-state index contributed by atoms with van der Waals surface area (Å²) in [7, 11) is -3.66. The minimum absolute atomic E-state index is 0.275. The van der Waals surface area contributed by atoms with Gasteiger partial charge >= 0.3 is 0 Å². The van der Waals surface area contributed by atoms with Gasteiger partial charge in [0.25, 0.3) is 0 Å². The Morgan fingerprint density at radius 1 is 0.933 bits per heavy atom. The Hall–Kier alpha value is -3.03. The molecule has 3 aromatic rings. The maximum Gasteiger partial charge on any atom is 0.241 e. The van der Waals surface area contributed by atoms with Crippen molar-refractivity contribution in [2.75, 3.05) is 17.1 Å². The molecule has 0 aliphatic heterocycles. The van der Waals surface area contributed by atoms with Crippen LogP contribution in [0, 0.1) is 0 Å². The highest BCUT2D eigenvalue weighted by Crippen LogP contribution is 2.25. The highest BCUT2D eigenvalue weighted by molar-refractivity contribution is 7.92. The van der Waals surface area contributed by atoms with Crippen LogP contribution in [-0.4, -0.2) is 27.1 Å². The topological polar surface area (TPSA) is 75.7 Å². The molecule has 0 atom stereocenters. The molecule has 0 aliphatic carbocycles. The second-order valence-corrected chi connectivity index (χ2v) is 8.93. The average Bonchev–Trinajstić information content (AvgIpc) is 2.72. The van der Waals surface area contributed by atoms with Crippen LogP contribution < -0.4 is 14.4 Å². The molecular formula is C22H21ClN2O4S. The first-order valence-corrected chi connectivity index (χ1v) is 11.4. The Morgan fingerprint density at radius 2 is 1.53 bits per heavy atom. The Kier molecular flexibility index (Phi) is 6.97. The van der Waals surface area contributed by atoms with Crippen molar-refractivity contribution in [2.45, 2.75) is 6.54 Å². The van der Waals surface area contributed by atoms with E-state index in [-0.39, 0.29) is 13.1 Å². The number of para-hydroxylation sites is 1. The van der Waals surface area contributed by atoms with Crippen LogP contribution in [0.4, 0.5) is 5.69 Å². The lowest BCUT2D eigenvalue weighted by Gasteiger charge is -2.22. The second kappa shape index (κ2) is 9.65. The lowest BCUT2D eigenvalue weighted by atomic mass is 10.2. The minimum Gasteiger partial charge on any atom is -0.457 e. The maximum atomic E-state index is 12.4. The number of nitrogens with one attached hydrogen (secondary N) is 1. The molecule has 0 heterocycles. The molecule has 3 aromatic carbocycles. The Morgan fingerprint density at radius 3 is 2.13 bits per heavy atom. The molecule has 0 radical (unpaired) electrons. The number of ether oxygens (including phenoxy) is 1. The third-order valence-corrected chi connectivity index (χ3v) is 5.59. The fourth-order valence-electron chi connectivity index (χ4n) is 2.69. The number of hydrogen-bond acceptors (Lipinski definition) is 4. The molecule has 0 spiro atoms. The summed E-state index contributed by atoms with van der Waals surface area (Å²) in [6, 6.07) is 22.8. The Balaban J connectivity index is 1.66. The molecule has 0 bridgehead atoms. The van der Waals surface area contributed by atoms with Crippen molar-refractivity contribution in [2.24, 2.45) is 0 Å². The highest BCUT2D eigenvalue weighted by atomic mass is 35.5. The summed E-state index contributed by atoms with van der Waals surface area (Å²) in [5.74, 6) is 0.817. The van der Waals surface area contributed by atoms with Crippen LogP contribution in [0.25, 0.3) is 0 Å². The normalized spacial score (nSPS) is 11.0. The van der Waals surface area contributed by atoms with Gasteiger partial charge in [0.15, 0.2) is 0 Å². The van der Waals surface area contributed by atoms with Crippen molar-refractivity contribution < 1.29 is 17.9 Å². The van der Waals surface area contributed by atoms with E-state index < -0.39 is 15.9 Å². The van der Waals surface area contributed by atoms with Gasteiger partial charge in [-0.05, 0) is 54.1 Å². The summed E-state index contributed by atoms with van der Waals surface area (Å²) < 4.78 is 31.3. The molecule has 3 rings (SSSR count). The summed E-state index contributed by atoms with van der Waals surface area (Å²) in [5.41, 5.74) is 1.24. The number of amides is 1. The first-order valence-electron chi connectivity index (χ1n) is 9.13. The molecule has 0 unspecified atom stereocenters. The minimum atomic E-state index is -3.66. The van der Waals surface area contributed by atoms with E-state index in [1.165, 1.54) is 0 Å². The van der Waals surface area contributed by atoms with Gasteiger partial charge in [-0.15, -0.1) is 0 Å². The van der Waals surface area contributed by atoms with Crippen molar-refractivity contribution in [3.8, 4) is 11.5 Å². The lowest BCUT2D eigenvalue weighted by Crippen LogP contribution is -2.40. The van der Waals surface area contributed by atoms with Crippen LogP contribution in [0.15, 0.2) is 78.9 Å². The largest absolute Gasteiger partial charge is 0.457 e. The Labute approximate surface area is 181 Å². The SMILES string of the molecule is CS(=O)(=O)N(CC(=O)NCc1ccc(Cl)cc1)c1ccc(Oc2ccccc2)cc1. The van der Waals surface area contributed by atoms with E-state index in [9.17, 15) is 13.2 Å². The molecule has 0 aliphatic rings. The zero-order valence-electron chi connectivity index (χ0n) is 16.3. The summed E-state index contributed by atoms with van der Waals surface area (Å²) in [5, 5.41) is 3.33. The van der Waals surface area contributed by atoms with Gasteiger partial charge in [0.1, 0.15) is 18.0 Å². The molecule has 156 valence electrons. The zero-order chi connectivity index (χ0) is 21.6. The van der Waals surface area contributed by atoms with Crippen molar-refractivity contribution in [3.63, 3.8) is 0 Å². The summed E-state index contributed by atoms with van der Waals surface area (Å²) in [6.07, 6.45) is 1.06. The predicted octanol–water partition coefficient (Wildman–Crippen LogP) is 4.21. The molecule has 8 heteroatoms. The molecule has 0 fully saturated rings. The standard InChI is InChI=1S/C22H21ClN2O4S/c1-30(27,28)25(16-22(26)24-15-17-7-9-18(23)10-8-17)19-11-13-21(14-12-19)29-20-5-3-2-4-6-20/h2-14H,15-16H2,1H3,(H,24,26). The molecular weight excluding hydrogens is 424 g/mol. The number of rotatable bonds is 8. The van der Waals surface area contributed by atoms with Crippen molar-refractivity contribution in [3.05, 3.63) is 89.4 Å². The van der Waals surface area contributed by atoms with E-state index in [2.05, 4.69) is 5.32 Å². The first kappa shape index (κ1) is 21.7. The van der Waals surface area contributed by atoms with Crippen LogP contribution in [0.1, 0.15) is 5.56 Å². The van der Waals surface area contributed by atoms with E-state index in [0.717, 1.165) is 16.1 Å². The summed E-state index contributed by atoms with van der Waals surface area (Å²) >= 11 is 5.85. The van der Waals surface area contributed by atoms with Gasteiger partial charge in [0.05, 0.1) is 11.9 Å². The molecule has 0 aromatic heterocycles. The molecule has 6 nitrogen and oxygen atoms in total. The van der Waals surface area contributed by atoms with Crippen LogP contribution >= 0.6 is 11.6 Å². The van der Waals surface area contributed by atoms with Gasteiger partial charge < -0.3 is 10.1 Å². The fraction of sp³-hybridized carbons (Fsp3) is 0.136. The molecule has 0 saturated carbocycles. The number of carbonyl (C=O) groups is 1. The molecule has 30 heavy (non-hydrogen) atoms. The van der Waals surface area contributed by atoms with E-state index in [1.807, 2.05) is 30.3 Å². The van der Waals surface area contributed by atoms with E-state index >= 15 is 0 Å². The van der Waals surface area contributed by atoms with Gasteiger partial charge in [-0.2, -0.15) is 0 Å². The number of sulfonamides is 1. The number of benzene rings is 3. The highest BCUT2D eigenvalue weighted by Gasteiger charge is 2.20. The average molecular weight is 445 g/mol. The number of carbonyl (C=O) groups excluding carboxylic acids is 1. The van der Waals surface area contributed by atoms with Crippen LogP contribution in [0.5, 0.6) is 11.5 Å². The summed E-state index contributed by atoms with van der Waals surface area (Å²) in [4.78, 5) is 12.4. The number of hydrogen-bond donors (Lipinski definition) is 1. The quantitative estimate of drug-likeness (QED) is 0.564. The Bertz CT molecular complexity index is 1090. The van der Waals surface area contributed by atoms with Crippen LogP contribution in [0.2, 0.25) is 5.02 Å². The van der Waals surface area contributed by atoms with Crippen molar-refractivity contribution in [1.29, 1.82) is 0 Å². The second-order valence-electron chi connectivity index (χ2n) is 6.58. The molecule has 0 saturated heterocycles. The van der Waals surface area contributed by atoms with Gasteiger partial charge in [-0.25, -0.2) is 8.42 Å². The number of nitrogens with zero attached hydrogens (tertiary/aromatic N) is 1. The zero-order valence-corrected chi connectivity index (χ0v) is 17.9. The monoisotopic (exact) mass is 444 g/mol. The van der Waals surface area contributed by atoms with Gasteiger partial charge in [0.2, 0.25) is 15.9 Å². The van der Waals surface area contributed by atoms with Crippen LogP contribution in [-0.2, 0) is 21.4 Å².